The van der Waals surface area contributed by atoms with Crippen LogP contribution in [0.3, 0.4) is 0 Å². The van der Waals surface area contributed by atoms with Crippen LogP contribution in [-0.4, -0.2) is 38.4 Å². The molecule has 0 aromatic heterocycles. The zero-order valence-corrected chi connectivity index (χ0v) is 19.3. The molecule has 2 atom stereocenters. The van der Waals surface area contributed by atoms with Crippen molar-refractivity contribution in [2.75, 3.05) is 17.8 Å². The summed E-state index contributed by atoms with van der Waals surface area (Å²) >= 11 is 6.16. The van der Waals surface area contributed by atoms with E-state index in [1.54, 1.807) is 4.90 Å². The number of nitrogens with zero attached hydrogens (tertiary/aromatic N) is 1. The van der Waals surface area contributed by atoms with Crippen molar-refractivity contribution in [3.63, 3.8) is 0 Å². The Kier molecular flexibility index (Phi) is 6.69. The van der Waals surface area contributed by atoms with Gasteiger partial charge in [-0.3, -0.25) is 9.52 Å². The Morgan fingerprint density at radius 1 is 1.06 bits per heavy atom. The Balaban J connectivity index is 1.58. The molecule has 0 aliphatic carbocycles. The Morgan fingerprint density at radius 3 is 2.45 bits per heavy atom. The number of rotatable bonds is 5. The standard InChI is InChI=1S/C24H22ClFN2O4S/c1-16-14-28(15-22(32-16)17-5-3-2-4-6-17)24(29)18-7-12-21(25)23(13-18)33(30,31)27-20-10-8-19(26)9-11-20/h2-13,16,22,27H,14-15H2,1H3. The number of anilines is 1. The molecule has 0 radical (unpaired) electrons. The molecule has 4 rings (SSSR count). The maximum Gasteiger partial charge on any atom is 0.263 e. The highest BCUT2D eigenvalue weighted by Crippen LogP contribution is 2.29. The maximum atomic E-state index is 13.3. The van der Waals surface area contributed by atoms with Crippen molar-refractivity contribution in [3.8, 4) is 0 Å². The number of amides is 1. The zero-order chi connectivity index (χ0) is 23.6. The van der Waals surface area contributed by atoms with Crippen molar-refractivity contribution in [2.24, 2.45) is 0 Å². The number of benzene rings is 3. The van der Waals surface area contributed by atoms with Crippen molar-refractivity contribution in [1.82, 2.24) is 4.90 Å². The highest BCUT2D eigenvalue weighted by molar-refractivity contribution is 7.92. The number of halogens is 2. The molecule has 0 spiro atoms. The smallest absolute Gasteiger partial charge is 0.263 e. The average molecular weight is 489 g/mol. The van der Waals surface area contributed by atoms with E-state index < -0.39 is 15.8 Å². The third-order valence-electron chi connectivity index (χ3n) is 5.28. The van der Waals surface area contributed by atoms with E-state index in [1.165, 1.54) is 30.3 Å². The van der Waals surface area contributed by atoms with Crippen molar-refractivity contribution < 1.29 is 22.3 Å². The second-order valence-corrected chi connectivity index (χ2v) is 9.87. The van der Waals surface area contributed by atoms with Gasteiger partial charge in [0, 0.05) is 17.8 Å². The number of hydrogen-bond acceptors (Lipinski definition) is 4. The largest absolute Gasteiger partial charge is 0.367 e. The Morgan fingerprint density at radius 2 is 1.76 bits per heavy atom. The van der Waals surface area contributed by atoms with E-state index in [2.05, 4.69) is 4.72 Å². The lowest BCUT2D eigenvalue weighted by Gasteiger charge is -2.37. The molecule has 1 N–H and O–H groups in total. The maximum absolute atomic E-state index is 13.3. The lowest BCUT2D eigenvalue weighted by Crippen LogP contribution is -2.46. The van der Waals surface area contributed by atoms with Gasteiger partial charge in [0.2, 0.25) is 0 Å². The summed E-state index contributed by atoms with van der Waals surface area (Å²) in [6.07, 6.45) is -0.474. The van der Waals surface area contributed by atoms with E-state index in [-0.39, 0.29) is 39.3 Å². The van der Waals surface area contributed by atoms with Crippen LogP contribution in [0.4, 0.5) is 10.1 Å². The second kappa shape index (κ2) is 9.51. The summed E-state index contributed by atoms with van der Waals surface area (Å²) < 4.78 is 47.3. The normalized spacial score (nSPS) is 18.7. The summed E-state index contributed by atoms with van der Waals surface area (Å²) in [5.41, 5.74) is 1.33. The summed E-state index contributed by atoms with van der Waals surface area (Å²) in [7, 11) is -4.11. The van der Waals surface area contributed by atoms with Crippen LogP contribution in [0.2, 0.25) is 5.02 Å². The number of hydrogen-bond donors (Lipinski definition) is 1. The van der Waals surface area contributed by atoms with Crippen LogP contribution in [0, 0.1) is 5.82 Å². The van der Waals surface area contributed by atoms with Gasteiger partial charge in [-0.25, -0.2) is 12.8 Å². The monoisotopic (exact) mass is 488 g/mol. The minimum atomic E-state index is -4.11. The minimum Gasteiger partial charge on any atom is -0.367 e. The van der Waals surface area contributed by atoms with Crippen molar-refractivity contribution in [3.05, 3.63) is 94.8 Å². The molecule has 1 heterocycles. The molecule has 9 heteroatoms. The molecular formula is C24H22ClFN2O4S. The molecule has 172 valence electrons. The van der Waals surface area contributed by atoms with Crippen LogP contribution in [0.5, 0.6) is 0 Å². The van der Waals surface area contributed by atoms with Crippen LogP contribution in [0.15, 0.2) is 77.7 Å². The van der Waals surface area contributed by atoms with Crippen LogP contribution >= 0.6 is 11.6 Å². The van der Waals surface area contributed by atoms with Crippen LogP contribution in [-0.2, 0) is 14.8 Å². The predicted molar refractivity (Wildman–Crippen MR) is 124 cm³/mol. The first-order valence-corrected chi connectivity index (χ1v) is 12.2. The quantitative estimate of drug-likeness (QED) is 0.555. The van der Waals surface area contributed by atoms with Crippen LogP contribution in [0.1, 0.15) is 28.9 Å². The molecule has 3 aromatic rings. The Bertz CT molecular complexity index is 1250. The Labute approximate surface area is 197 Å². The minimum absolute atomic E-state index is 0.0290. The van der Waals surface area contributed by atoms with Crippen molar-refractivity contribution in [2.45, 2.75) is 24.0 Å². The number of carbonyl (C=O) groups excluding carboxylic acids is 1. The summed E-state index contributed by atoms with van der Waals surface area (Å²) in [4.78, 5) is 14.7. The van der Waals surface area contributed by atoms with E-state index in [9.17, 15) is 17.6 Å². The third-order valence-corrected chi connectivity index (χ3v) is 7.15. The molecule has 1 amide bonds. The van der Waals surface area contributed by atoms with Gasteiger partial charge >= 0.3 is 0 Å². The fraction of sp³-hybridized carbons (Fsp3) is 0.208. The zero-order valence-electron chi connectivity index (χ0n) is 17.7. The number of sulfonamides is 1. The number of carbonyl (C=O) groups is 1. The highest BCUT2D eigenvalue weighted by Gasteiger charge is 2.31. The molecular weight excluding hydrogens is 467 g/mol. The molecule has 0 saturated carbocycles. The van der Waals surface area contributed by atoms with E-state index in [0.29, 0.717) is 13.1 Å². The van der Waals surface area contributed by atoms with Crippen LogP contribution in [0.25, 0.3) is 0 Å². The molecule has 2 unspecified atom stereocenters. The molecule has 0 bridgehead atoms. The molecule has 3 aromatic carbocycles. The van der Waals surface area contributed by atoms with Gasteiger partial charge < -0.3 is 9.64 Å². The molecule has 6 nitrogen and oxygen atoms in total. The number of morpholine rings is 1. The number of ether oxygens (including phenoxy) is 1. The fourth-order valence-electron chi connectivity index (χ4n) is 3.72. The predicted octanol–water partition coefficient (Wildman–Crippen LogP) is 4.88. The Hall–Kier alpha value is -2.94. The number of nitrogens with one attached hydrogen (secondary N) is 1. The second-order valence-electron chi connectivity index (χ2n) is 7.81. The van der Waals surface area contributed by atoms with E-state index in [1.807, 2.05) is 37.3 Å². The summed E-state index contributed by atoms with van der Waals surface area (Å²) in [6, 6.07) is 18.6. The van der Waals surface area contributed by atoms with E-state index in [0.717, 1.165) is 17.7 Å². The van der Waals surface area contributed by atoms with Gasteiger partial charge in [-0.2, -0.15) is 0 Å². The molecule has 1 saturated heterocycles. The first-order valence-electron chi connectivity index (χ1n) is 10.3. The summed E-state index contributed by atoms with van der Waals surface area (Å²) in [5, 5.41) is -0.0290. The highest BCUT2D eigenvalue weighted by atomic mass is 35.5. The lowest BCUT2D eigenvalue weighted by atomic mass is 10.1. The van der Waals surface area contributed by atoms with Gasteiger partial charge in [-0.1, -0.05) is 41.9 Å². The summed E-state index contributed by atoms with van der Waals surface area (Å²) in [6.45, 7) is 2.60. The van der Waals surface area contributed by atoms with Gasteiger partial charge in [-0.05, 0) is 55.0 Å². The van der Waals surface area contributed by atoms with E-state index >= 15 is 0 Å². The average Bonchev–Trinajstić information content (AvgIpc) is 2.80. The SMILES string of the molecule is CC1CN(C(=O)c2ccc(Cl)c(S(=O)(=O)Nc3ccc(F)cc3)c2)CC(c2ccccc2)O1. The molecule has 1 aliphatic rings. The van der Waals surface area contributed by atoms with Gasteiger partial charge in [0.05, 0.1) is 17.7 Å². The first-order chi connectivity index (χ1) is 15.7. The van der Waals surface area contributed by atoms with Crippen molar-refractivity contribution >= 4 is 33.2 Å². The third kappa shape index (κ3) is 5.35. The van der Waals surface area contributed by atoms with Gasteiger partial charge in [0.15, 0.2) is 0 Å². The summed E-state index contributed by atoms with van der Waals surface area (Å²) in [5.74, 6) is -0.807. The molecule has 1 aliphatic heterocycles. The van der Waals surface area contributed by atoms with Gasteiger partial charge in [0.1, 0.15) is 16.8 Å². The van der Waals surface area contributed by atoms with Gasteiger partial charge in [0.25, 0.3) is 15.9 Å². The van der Waals surface area contributed by atoms with E-state index in [4.69, 9.17) is 16.3 Å². The van der Waals surface area contributed by atoms with Crippen molar-refractivity contribution in [1.29, 1.82) is 0 Å². The topological polar surface area (TPSA) is 75.7 Å². The molecule has 33 heavy (non-hydrogen) atoms. The molecule has 1 fully saturated rings. The lowest BCUT2D eigenvalue weighted by molar-refractivity contribution is -0.0691. The van der Waals surface area contributed by atoms with Crippen LogP contribution < -0.4 is 4.72 Å². The van der Waals surface area contributed by atoms with Gasteiger partial charge in [-0.15, -0.1) is 0 Å². The first kappa shape index (κ1) is 23.2. The fourth-order valence-corrected chi connectivity index (χ4v) is 5.31.